The fourth-order valence-corrected chi connectivity index (χ4v) is 2.14. The summed E-state index contributed by atoms with van der Waals surface area (Å²) in [6, 6.07) is 0.364. The third-order valence-electron chi connectivity index (χ3n) is 3.33. The minimum atomic E-state index is 0.151. The number of hydrogen-bond acceptors (Lipinski definition) is 3. The second-order valence-electron chi connectivity index (χ2n) is 4.50. The largest absolute Gasteiger partial charge is 0.355 e. The lowest BCUT2D eigenvalue weighted by atomic mass is 10.2. The van der Waals surface area contributed by atoms with Crippen LogP contribution in [0.5, 0.6) is 0 Å². The molecular weight excluding hydrogens is 216 g/mol. The first-order valence-corrected chi connectivity index (χ1v) is 6.21. The van der Waals surface area contributed by atoms with Crippen LogP contribution >= 0.6 is 0 Å². The molecule has 17 heavy (non-hydrogen) atoms. The van der Waals surface area contributed by atoms with E-state index in [2.05, 4.69) is 33.6 Å². The topological polar surface area (TPSA) is 50.2 Å². The molecule has 1 fully saturated rings. The van der Waals surface area contributed by atoms with E-state index in [0.29, 0.717) is 12.5 Å². The molecule has 0 bridgehead atoms. The first kappa shape index (κ1) is 12.1. The number of rotatable bonds is 3. The molecule has 2 rings (SSSR count). The first-order chi connectivity index (χ1) is 8.20. The summed E-state index contributed by atoms with van der Waals surface area (Å²) in [6.07, 6.45) is 4.42. The van der Waals surface area contributed by atoms with Gasteiger partial charge in [0, 0.05) is 44.5 Å². The van der Waals surface area contributed by atoms with Gasteiger partial charge in [0.25, 0.3) is 0 Å². The zero-order valence-electron chi connectivity index (χ0n) is 10.5. The highest BCUT2D eigenvalue weighted by Crippen LogP contribution is 2.10. The van der Waals surface area contributed by atoms with Gasteiger partial charge in [0.2, 0.25) is 5.91 Å². The van der Waals surface area contributed by atoms with E-state index in [1.54, 1.807) is 0 Å². The molecule has 5 nitrogen and oxygen atoms in total. The van der Waals surface area contributed by atoms with Crippen molar-refractivity contribution in [2.75, 3.05) is 13.1 Å². The van der Waals surface area contributed by atoms with Crippen LogP contribution in [0.25, 0.3) is 0 Å². The Kier molecular flexibility index (Phi) is 3.78. The highest BCUT2D eigenvalue weighted by atomic mass is 16.1. The summed E-state index contributed by atoms with van der Waals surface area (Å²) in [4.78, 5) is 18.0. The number of hydrogen-bond donors (Lipinski definition) is 1. The summed E-state index contributed by atoms with van der Waals surface area (Å²) in [5, 5.41) is 2.92. The monoisotopic (exact) mass is 236 g/mol. The van der Waals surface area contributed by atoms with Gasteiger partial charge in [-0.05, 0) is 13.8 Å². The van der Waals surface area contributed by atoms with Crippen LogP contribution in [0.1, 0.15) is 26.1 Å². The summed E-state index contributed by atoms with van der Waals surface area (Å²) in [5.41, 5.74) is 0. The van der Waals surface area contributed by atoms with Gasteiger partial charge in [-0.2, -0.15) is 0 Å². The standard InChI is InChI=1S/C12H20N4O/c1-3-15-7-5-13-11(15)9-16-6-4-12(17)14-8-10(16)2/h5,7,10H,3-4,6,8-9H2,1-2H3,(H,14,17)/t10-/m0/s1. The van der Waals surface area contributed by atoms with Gasteiger partial charge in [0.05, 0.1) is 6.54 Å². The zero-order chi connectivity index (χ0) is 12.3. The SMILES string of the molecule is CCn1ccnc1CN1CCC(=O)NC[C@@H]1C. The summed E-state index contributed by atoms with van der Waals surface area (Å²) in [6.45, 7) is 7.55. The molecule has 1 aliphatic rings. The van der Waals surface area contributed by atoms with E-state index in [-0.39, 0.29) is 5.91 Å². The quantitative estimate of drug-likeness (QED) is 0.836. The molecule has 0 aromatic carbocycles. The molecule has 1 amide bonds. The number of aromatic nitrogens is 2. The van der Waals surface area contributed by atoms with Crippen molar-refractivity contribution in [3.63, 3.8) is 0 Å². The molecule has 0 radical (unpaired) electrons. The van der Waals surface area contributed by atoms with Crippen LogP contribution in [-0.4, -0.2) is 39.5 Å². The molecule has 0 spiro atoms. The second-order valence-corrected chi connectivity index (χ2v) is 4.50. The summed E-state index contributed by atoms with van der Waals surface area (Å²) >= 11 is 0. The molecule has 1 N–H and O–H groups in total. The third-order valence-corrected chi connectivity index (χ3v) is 3.33. The molecule has 0 unspecified atom stereocenters. The van der Waals surface area contributed by atoms with Crippen molar-refractivity contribution in [1.29, 1.82) is 0 Å². The Labute approximate surface area is 102 Å². The van der Waals surface area contributed by atoms with Gasteiger partial charge in [-0.15, -0.1) is 0 Å². The van der Waals surface area contributed by atoms with Crippen LogP contribution in [0.4, 0.5) is 0 Å². The molecule has 0 aliphatic carbocycles. The lowest BCUT2D eigenvalue weighted by molar-refractivity contribution is -0.120. The van der Waals surface area contributed by atoms with Crippen LogP contribution in [0.3, 0.4) is 0 Å². The molecule has 1 aromatic heterocycles. The van der Waals surface area contributed by atoms with E-state index in [1.165, 1.54) is 0 Å². The Hall–Kier alpha value is -1.36. The van der Waals surface area contributed by atoms with Crippen molar-refractivity contribution in [1.82, 2.24) is 19.8 Å². The fourth-order valence-electron chi connectivity index (χ4n) is 2.14. The Balaban J connectivity index is 2.04. The van der Waals surface area contributed by atoms with Gasteiger partial charge < -0.3 is 9.88 Å². The smallest absolute Gasteiger partial charge is 0.221 e. The minimum absolute atomic E-state index is 0.151. The van der Waals surface area contributed by atoms with E-state index >= 15 is 0 Å². The number of carbonyl (C=O) groups excluding carboxylic acids is 1. The van der Waals surface area contributed by atoms with E-state index in [0.717, 1.165) is 32.0 Å². The molecule has 94 valence electrons. The Morgan fingerprint density at radius 2 is 2.41 bits per heavy atom. The average molecular weight is 236 g/mol. The third kappa shape index (κ3) is 2.85. The van der Waals surface area contributed by atoms with Crippen LogP contribution in [0.2, 0.25) is 0 Å². The fraction of sp³-hybridized carbons (Fsp3) is 0.667. The Morgan fingerprint density at radius 3 is 3.18 bits per heavy atom. The van der Waals surface area contributed by atoms with Gasteiger partial charge in [0.1, 0.15) is 5.82 Å². The van der Waals surface area contributed by atoms with Gasteiger partial charge in [-0.25, -0.2) is 4.98 Å². The van der Waals surface area contributed by atoms with Gasteiger partial charge in [-0.1, -0.05) is 0 Å². The number of imidazole rings is 1. The van der Waals surface area contributed by atoms with Gasteiger partial charge >= 0.3 is 0 Å². The number of amides is 1. The van der Waals surface area contributed by atoms with Gasteiger partial charge in [0.15, 0.2) is 0 Å². The van der Waals surface area contributed by atoms with E-state index < -0.39 is 0 Å². The first-order valence-electron chi connectivity index (χ1n) is 6.21. The predicted molar refractivity (Wildman–Crippen MR) is 65.4 cm³/mol. The van der Waals surface area contributed by atoms with E-state index in [1.807, 2.05) is 12.4 Å². The highest BCUT2D eigenvalue weighted by molar-refractivity contribution is 5.76. The average Bonchev–Trinajstić information content (AvgIpc) is 2.71. The minimum Gasteiger partial charge on any atom is -0.355 e. The number of nitrogens with zero attached hydrogens (tertiary/aromatic N) is 3. The van der Waals surface area contributed by atoms with Crippen LogP contribution in [-0.2, 0) is 17.9 Å². The Bertz CT molecular complexity index is 388. The second kappa shape index (κ2) is 5.31. The van der Waals surface area contributed by atoms with Crippen molar-refractivity contribution < 1.29 is 4.79 Å². The van der Waals surface area contributed by atoms with E-state index in [4.69, 9.17) is 0 Å². The molecule has 1 saturated heterocycles. The number of nitrogens with one attached hydrogen (secondary N) is 1. The molecule has 0 saturated carbocycles. The maximum absolute atomic E-state index is 11.3. The maximum Gasteiger partial charge on any atom is 0.221 e. The van der Waals surface area contributed by atoms with Crippen molar-refractivity contribution in [3.8, 4) is 0 Å². The summed E-state index contributed by atoms with van der Waals surface area (Å²) in [5.74, 6) is 1.23. The molecule has 1 aliphatic heterocycles. The molecule has 1 atom stereocenters. The molecular formula is C12H20N4O. The van der Waals surface area contributed by atoms with Crippen LogP contribution in [0.15, 0.2) is 12.4 Å². The van der Waals surface area contributed by atoms with Gasteiger partial charge in [-0.3, -0.25) is 9.69 Å². The van der Waals surface area contributed by atoms with Crippen molar-refractivity contribution in [2.24, 2.45) is 0 Å². The van der Waals surface area contributed by atoms with Crippen LogP contribution in [0, 0.1) is 0 Å². The maximum atomic E-state index is 11.3. The number of carbonyl (C=O) groups is 1. The lowest BCUT2D eigenvalue weighted by Gasteiger charge is -2.25. The number of aryl methyl sites for hydroxylation is 1. The normalized spacial score (nSPS) is 22.2. The van der Waals surface area contributed by atoms with Crippen molar-refractivity contribution in [2.45, 2.75) is 39.4 Å². The highest BCUT2D eigenvalue weighted by Gasteiger charge is 2.21. The predicted octanol–water partition coefficient (Wildman–Crippen LogP) is 0.613. The van der Waals surface area contributed by atoms with Crippen LogP contribution < -0.4 is 5.32 Å². The molecule has 1 aromatic rings. The summed E-state index contributed by atoms with van der Waals surface area (Å²) < 4.78 is 2.15. The van der Waals surface area contributed by atoms with Crippen molar-refractivity contribution in [3.05, 3.63) is 18.2 Å². The molecule has 2 heterocycles. The summed E-state index contributed by atoms with van der Waals surface area (Å²) in [7, 11) is 0. The Morgan fingerprint density at radius 1 is 1.59 bits per heavy atom. The zero-order valence-corrected chi connectivity index (χ0v) is 10.5. The lowest BCUT2D eigenvalue weighted by Crippen LogP contribution is -2.37. The van der Waals surface area contributed by atoms with Crippen molar-refractivity contribution >= 4 is 5.91 Å². The molecule has 5 heteroatoms. The van der Waals surface area contributed by atoms with E-state index in [9.17, 15) is 4.79 Å².